The van der Waals surface area contributed by atoms with Gasteiger partial charge in [0.15, 0.2) is 0 Å². The highest BCUT2D eigenvalue weighted by Gasteiger charge is 2.43. The van der Waals surface area contributed by atoms with Crippen LogP contribution in [0, 0.1) is 0 Å². The fourth-order valence-corrected chi connectivity index (χ4v) is 2.40. The molecule has 1 fully saturated rings. The first-order valence-electron chi connectivity index (χ1n) is 4.30. The average Bonchev–Trinajstić information content (AvgIpc) is 2.07. The smallest absolute Gasteiger partial charge is 0.134 e. The third-order valence-electron chi connectivity index (χ3n) is 2.54. The van der Waals surface area contributed by atoms with E-state index in [2.05, 4.69) is 20.9 Å². The Morgan fingerprint density at radius 1 is 1.64 bits per heavy atom. The fraction of sp³-hybridized carbons (Fsp3) is 0.444. The van der Waals surface area contributed by atoms with Crippen molar-refractivity contribution in [2.24, 2.45) is 5.73 Å². The van der Waals surface area contributed by atoms with E-state index >= 15 is 0 Å². The lowest BCUT2D eigenvalue weighted by Crippen LogP contribution is -2.51. The number of hydrogen-bond donors (Lipinski definition) is 2. The van der Waals surface area contributed by atoms with Gasteiger partial charge in [-0.05, 0) is 34.8 Å². The monoisotopic (exact) mass is 276 g/mol. The molecule has 0 amide bonds. The zero-order valence-corrected chi connectivity index (χ0v) is 9.72. The quantitative estimate of drug-likeness (QED) is 0.770. The molecule has 0 bridgehead atoms. The molecule has 5 heteroatoms. The zero-order chi connectivity index (χ0) is 10.3. The molecular weight excluding hydrogens is 267 g/mol. The molecule has 0 aromatic carbocycles. The number of aliphatic hydroxyl groups excluding tert-OH is 1. The molecule has 2 rings (SSSR count). The number of aliphatic hydroxyl groups is 1. The molecular formula is C9H10BrClN2O. The van der Waals surface area contributed by atoms with Gasteiger partial charge in [-0.25, -0.2) is 4.98 Å². The second-order valence-corrected chi connectivity index (χ2v) is 4.98. The van der Waals surface area contributed by atoms with E-state index in [1.165, 1.54) is 0 Å². The van der Waals surface area contributed by atoms with Crippen LogP contribution in [0.15, 0.2) is 16.7 Å². The largest absolute Gasteiger partial charge is 0.393 e. The standard InChI is InChI=1S/C9H10BrClN2O/c10-5-1-7(8(11)13-4-5)9(12)2-6(14)3-9/h1,4,6,14H,2-3,12H2. The van der Waals surface area contributed by atoms with Crippen molar-refractivity contribution in [2.75, 3.05) is 0 Å². The van der Waals surface area contributed by atoms with Crippen LogP contribution in [0.3, 0.4) is 0 Å². The van der Waals surface area contributed by atoms with Gasteiger partial charge in [0.25, 0.3) is 0 Å². The van der Waals surface area contributed by atoms with Gasteiger partial charge in [0.2, 0.25) is 0 Å². The summed E-state index contributed by atoms with van der Waals surface area (Å²) < 4.78 is 0.850. The maximum Gasteiger partial charge on any atom is 0.134 e. The third kappa shape index (κ3) is 1.67. The summed E-state index contributed by atoms with van der Waals surface area (Å²) in [6, 6.07) is 1.86. The number of rotatable bonds is 1. The van der Waals surface area contributed by atoms with Crippen molar-refractivity contribution in [2.45, 2.75) is 24.5 Å². The number of nitrogens with zero attached hydrogens (tertiary/aromatic N) is 1. The van der Waals surface area contributed by atoms with Crippen LogP contribution in [-0.2, 0) is 5.54 Å². The normalized spacial score (nSPS) is 31.3. The summed E-state index contributed by atoms with van der Waals surface area (Å²) in [7, 11) is 0. The average molecular weight is 278 g/mol. The Morgan fingerprint density at radius 3 is 2.86 bits per heavy atom. The predicted octanol–water partition coefficient (Wildman–Crippen LogP) is 1.81. The van der Waals surface area contributed by atoms with Crippen molar-refractivity contribution < 1.29 is 5.11 Å². The maximum absolute atomic E-state index is 9.25. The molecule has 1 aromatic rings. The minimum atomic E-state index is -0.507. The zero-order valence-electron chi connectivity index (χ0n) is 7.37. The molecule has 1 aliphatic carbocycles. The van der Waals surface area contributed by atoms with Crippen LogP contribution in [0.1, 0.15) is 18.4 Å². The number of halogens is 2. The Bertz CT molecular complexity index is 366. The summed E-state index contributed by atoms with van der Waals surface area (Å²) in [4.78, 5) is 4.01. The maximum atomic E-state index is 9.25. The van der Waals surface area contributed by atoms with Crippen molar-refractivity contribution in [3.05, 3.63) is 27.5 Å². The number of aromatic nitrogens is 1. The molecule has 1 heterocycles. The Labute approximate surface area is 95.4 Å². The van der Waals surface area contributed by atoms with E-state index in [4.69, 9.17) is 17.3 Å². The van der Waals surface area contributed by atoms with Crippen molar-refractivity contribution in [1.82, 2.24) is 4.98 Å². The Morgan fingerprint density at radius 2 is 2.29 bits per heavy atom. The van der Waals surface area contributed by atoms with Crippen LogP contribution in [0.4, 0.5) is 0 Å². The van der Waals surface area contributed by atoms with Crippen LogP contribution >= 0.6 is 27.5 Å². The second-order valence-electron chi connectivity index (χ2n) is 3.71. The molecule has 0 atom stereocenters. The van der Waals surface area contributed by atoms with Crippen LogP contribution in [0.25, 0.3) is 0 Å². The summed E-state index contributed by atoms with van der Waals surface area (Å²) >= 11 is 9.27. The summed E-state index contributed by atoms with van der Waals surface area (Å²) in [6.07, 6.45) is 2.41. The van der Waals surface area contributed by atoms with Crippen molar-refractivity contribution >= 4 is 27.5 Å². The molecule has 1 aliphatic rings. The molecule has 0 unspecified atom stereocenters. The van der Waals surface area contributed by atoms with E-state index in [-0.39, 0.29) is 6.10 Å². The van der Waals surface area contributed by atoms with Crippen molar-refractivity contribution in [3.63, 3.8) is 0 Å². The van der Waals surface area contributed by atoms with Crippen LogP contribution < -0.4 is 5.73 Å². The number of hydrogen-bond acceptors (Lipinski definition) is 3. The first-order valence-corrected chi connectivity index (χ1v) is 5.47. The molecule has 76 valence electrons. The second kappa shape index (κ2) is 3.45. The minimum Gasteiger partial charge on any atom is -0.393 e. The van der Waals surface area contributed by atoms with Crippen molar-refractivity contribution in [1.29, 1.82) is 0 Å². The number of nitrogens with two attached hydrogens (primary N) is 1. The first kappa shape index (κ1) is 10.4. The van der Waals surface area contributed by atoms with Gasteiger partial charge in [-0.15, -0.1) is 0 Å². The van der Waals surface area contributed by atoms with Gasteiger partial charge < -0.3 is 10.8 Å². The summed E-state index contributed by atoms with van der Waals surface area (Å²) in [6.45, 7) is 0. The lowest BCUT2D eigenvalue weighted by atomic mass is 9.71. The van der Waals surface area contributed by atoms with Crippen molar-refractivity contribution in [3.8, 4) is 0 Å². The van der Waals surface area contributed by atoms with E-state index in [9.17, 15) is 5.11 Å². The van der Waals surface area contributed by atoms with E-state index in [0.29, 0.717) is 18.0 Å². The molecule has 1 saturated carbocycles. The van der Waals surface area contributed by atoms with Gasteiger partial charge in [0.1, 0.15) is 5.15 Å². The van der Waals surface area contributed by atoms with Gasteiger partial charge >= 0.3 is 0 Å². The predicted molar refractivity (Wildman–Crippen MR) is 58.1 cm³/mol. The van der Waals surface area contributed by atoms with E-state index < -0.39 is 5.54 Å². The van der Waals surface area contributed by atoms with Crippen LogP contribution in [0.2, 0.25) is 5.15 Å². The lowest BCUT2D eigenvalue weighted by Gasteiger charge is -2.42. The third-order valence-corrected chi connectivity index (χ3v) is 3.28. The highest BCUT2D eigenvalue weighted by atomic mass is 79.9. The Kier molecular flexibility index (Phi) is 2.55. The van der Waals surface area contributed by atoms with Gasteiger partial charge in [0, 0.05) is 21.8 Å². The van der Waals surface area contributed by atoms with E-state index in [1.54, 1.807) is 6.20 Å². The van der Waals surface area contributed by atoms with Gasteiger partial charge in [-0.2, -0.15) is 0 Å². The summed E-state index contributed by atoms with van der Waals surface area (Å²) in [5, 5.41) is 9.67. The summed E-state index contributed by atoms with van der Waals surface area (Å²) in [5.41, 5.74) is 6.38. The van der Waals surface area contributed by atoms with Gasteiger partial charge in [-0.3, -0.25) is 0 Å². The Hall–Kier alpha value is -0.160. The van der Waals surface area contributed by atoms with E-state index in [0.717, 1.165) is 10.0 Å². The molecule has 1 aromatic heterocycles. The molecule has 0 aliphatic heterocycles. The molecule has 3 nitrogen and oxygen atoms in total. The minimum absolute atomic E-state index is 0.310. The Balaban J connectivity index is 2.36. The molecule has 0 spiro atoms. The first-order chi connectivity index (χ1) is 6.51. The fourth-order valence-electron chi connectivity index (χ4n) is 1.77. The lowest BCUT2D eigenvalue weighted by molar-refractivity contribution is 0.0208. The van der Waals surface area contributed by atoms with Crippen LogP contribution in [0.5, 0.6) is 0 Å². The molecule has 0 radical (unpaired) electrons. The van der Waals surface area contributed by atoms with Gasteiger partial charge in [0.05, 0.1) is 6.10 Å². The topological polar surface area (TPSA) is 59.1 Å². The highest BCUT2D eigenvalue weighted by Crippen LogP contribution is 2.41. The molecule has 14 heavy (non-hydrogen) atoms. The number of pyridine rings is 1. The molecule has 0 saturated heterocycles. The van der Waals surface area contributed by atoms with E-state index in [1.807, 2.05) is 6.07 Å². The summed E-state index contributed by atoms with van der Waals surface area (Å²) in [5.74, 6) is 0. The van der Waals surface area contributed by atoms with Crippen LogP contribution in [-0.4, -0.2) is 16.2 Å². The SMILES string of the molecule is NC1(c2cc(Br)cnc2Cl)CC(O)C1. The highest BCUT2D eigenvalue weighted by molar-refractivity contribution is 9.10. The van der Waals surface area contributed by atoms with Gasteiger partial charge in [-0.1, -0.05) is 11.6 Å². The molecule has 3 N–H and O–H groups in total.